The average Bonchev–Trinajstić information content (AvgIpc) is 3.16. The maximum atomic E-state index is 12.7. The fourth-order valence-corrected chi connectivity index (χ4v) is 4.05. The fourth-order valence-electron chi connectivity index (χ4n) is 4.05. The second-order valence-electron chi connectivity index (χ2n) is 7.33. The first-order valence-electron chi connectivity index (χ1n) is 9.63. The van der Waals surface area contributed by atoms with Crippen molar-refractivity contribution in [2.45, 2.75) is 37.9 Å². The molecule has 0 N–H and O–H groups in total. The van der Waals surface area contributed by atoms with Crippen molar-refractivity contribution in [2.24, 2.45) is 0 Å². The summed E-state index contributed by atoms with van der Waals surface area (Å²) in [5.74, 6) is -0.393. The summed E-state index contributed by atoms with van der Waals surface area (Å²) in [5, 5.41) is 0. The van der Waals surface area contributed by atoms with Crippen molar-refractivity contribution in [2.75, 3.05) is 39.4 Å². The standard InChI is InChI=1S/C20H26N2O4/c23-18(21-10-2-1-3-11-21)16-4-6-17(7-5-16)19(24)22-12-8-20(9-13-22)25-14-15-26-20/h4-7H,1-3,8-15H2. The summed E-state index contributed by atoms with van der Waals surface area (Å²) in [6.45, 7) is 4.21. The lowest BCUT2D eigenvalue weighted by Gasteiger charge is -2.37. The van der Waals surface area contributed by atoms with Crippen molar-refractivity contribution in [1.29, 1.82) is 0 Å². The summed E-state index contributed by atoms with van der Waals surface area (Å²) < 4.78 is 11.4. The van der Waals surface area contributed by atoms with Gasteiger partial charge >= 0.3 is 0 Å². The van der Waals surface area contributed by atoms with Gasteiger partial charge in [-0.3, -0.25) is 9.59 Å². The monoisotopic (exact) mass is 358 g/mol. The van der Waals surface area contributed by atoms with E-state index in [9.17, 15) is 9.59 Å². The molecule has 3 saturated heterocycles. The molecule has 0 saturated carbocycles. The Bertz CT molecular complexity index is 651. The molecular formula is C20H26N2O4. The molecule has 4 rings (SSSR count). The minimum Gasteiger partial charge on any atom is -0.347 e. The Morgan fingerprint density at radius 1 is 0.731 bits per heavy atom. The molecule has 3 aliphatic heterocycles. The van der Waals surface area contributed by atoms with Crippen LogP contribution >= 0.6 is 0 Å². The van der Waals surface area contributed by atoms with Crippen molar-refractivity contribution in [3.63, 3.8) is 0 Å². The Hall–Kier alpha value is -1.92. The zero-order valence-electron chi connectivity index (χ0n) is 15.1. The maximum Gasteiger partial charge on any atom is 0.253 e. The number of hydrogen-bond donors (Lipinski definition) is 0. The van der Waals surface area contributed by atoms with Crippen LogP contribution in [0.1, 0.15) is 52.8 Å². The van der Waals surface area contributed by atoms with E-state index in [1.54, 1.807) is 24.3 Å². The van der Waals surface area contributed by atoms with Gasteiger partial charge in [0, 0.05) is 50.1 Å². The lowest BCUT2D eigenvalue weighted by molar-refractivity contribution is -0.181. The Labute approximate surface area is 154 Å². The third-order valence-electron chi connectivity index (χ3n) is 5.65. The molecule has 3 aliphatic rings. The lowest BCUT2D eigenvalue weighted by atomic mass is 10.0. The van der Waals surface area contributed by atoms with E-state index in [0.29, 0.717) is 50.3 Å². The molecule has 0 aromatic heterocycles. The number of amides is 2. The van der Waals surface area contributed by atoms with Gasteiger partial charge in [0.25, 0.3) is 11.8 Å². The SMILES string of the molecule is O=C(c1ccc(C(=O)N2CCC3(CC2)OCCO3)cc1)N1CCCCC1. The number of likely N-dealkylation sites (tertiary alicyclic amines) is 2. The first kappa shape index (κ1) is 17.5. The normalized spacial score (nSPS) is 22.6. The molecule has 6 heteroatoms. The summed E-state index contributed by atoms with van der Waals surface area (Å²) >= 11 is 0. The molecule has 1 aromatic rings. The molecule has 0 unspecified atom stereocenters. The molecular weight excluding hydrogens is 332 g/mol. The largest absolute Gasteiger partial charge is 0.347 e. The van der Waals surface area contributed by atoms with Gasteiger partial charge in [0.15, 0.2) is 5.79 Å². The summed E-state index contributed by atoms with van der Waals surface area (Å²) in [6.07, 6.45) is 4.78. The van der Waals surface area contributed by atoms with E-state index in [2.05, 4.69) is 0 Å². The van der Waals surface area contributed by atoms with E-state index in [1.165, 1.54) is 6.42 Å². The number of carbonyl (C=O) groups excluding carboxylic acids is 2. The zero-order valence-corrected chi connectivity index (χ0v) is 15.1. The number of benzene rings is 1. The van der Waals surface area contributed by atoms with Crippen LogP contribution in [0.15, 0.2) is 24.3 Å². The Kier molecular flexibility index (Phi) is 4.96. The van der Waals surface area contributed by atoms with Gasteiger partial charge in [0.2, 0.25) is 0 Å². The first-order valence-corrected chi connectivity index (χ1v) is 9.63. The Morgan fingerprint density at radius 3 is 1.69 bits per heavy atom. The van der Waals surface area contributed by atoms with Gasteiger partial charge in [-0.1, -0.05) is 0 Å². The molecule has 3 heterocycles. The number of carbonyl (C=O) groups is 2. The average molecular weight is 358 g/mol. The highest BCUT2D eigenvalue weighted by atomic mass is 16.7. The quantitative estimate of drug-likeness (QED) is 0.814. The molecule has 0 bridgehead atoms. The summed E-state index contributed by atoms with van der Waals surface area (Å²) in [6, 6.07) is 7.09. The van der Waals surface area contributed by atoms with E-state index in [1.807, 2.05) is 9.80 Å². The minimum atomic E-state index is -0.471. The van der Waals surface area contributed by atoms with E-state index in [-0.39, 0.29) is 11.8 Å². The van der Waals surface area contributed by atoms with Crippen molar-refractivity contribution < 1.29 is 19.1 Å². The van der Waals surface area contributed by atoms with Gasteiger partial charge in [-0.15, -0.1) is 0 Å². The molecule has 2 amide bonds. The van der Waals surface area contributed by atoms with Gasteiger partial charge in [-0.25, -0.2) is 0 Å². The van der Waals surface area contributed by atoms with E-state index in [0.717, 1.165) is 25.9 Å². The topological polar surface area (TPSA) is 59.1 Å². The molecule has 0 aliphatic carbocycles. The number of hydrogen-bond acceptors (Lipinski definition) is 4. The molecule has 6 nitrogen and oxygen atoms in total. The second kappa shape index (κ2) is 7.37. The smallest absolute Gasteiger partial charge is 0.253 e. The van der Waals surface area contributed by atoms with Crippen molar-refractivity contribution in [3.8, 4) is 0 Å². The summed E-state index contributed by atoms with van der Waals surface area (Å²) in [5.41, 5.74) is 1.29. The van der Waals surface area contributed by atoms with Gasteiger partial charge in [-0.2, -0.15) is 0 Å². The predicted octanol–water partition coefficient (Wildman–Crippen LogP) is 2.29. The number of piperidine rings is 2. The molecule has 1 aromatic carbocycles. The molecule has 0 radical (unpaired) electrons. The molecule has 3 fully saturated rings. The lowest BCUT2D eigenvalue weighted by Crippen LogP contribution is -2.47. The van der Waals surface area contributed by atoms with Crippen LogP contribution in [0, 0.1) is 0 Å². The van der Waals surface area contributed by atoms with Gasteiger partial charge < -0.3 is 19.3 Å². The third-order valence-corrected chi connectivity index (χ3v) is 5.65. The van der Waals surface area contributed by atoms with E-state index in [4.69, 9.17) is 9.47 Å². The fraction of sp³-hybridized carbons (Fsp3) is 0.600. The van der Waals surface area contributed by atoms with Crippen LogP contribution in [-0.4, -0.2) is 66.8 Å². The number of nitrogens with zero attached hydrogens (tertiary/aromatic N) is 2. The highest BCUT2D eigenvalue weighted by molar-refractivity contribution is 5.97. The first-order chi connectivity index (χ1) is 12.7. The van der Waals surface area contributed by atoms with Gasteiger partial charge in [0.1, 0.15) is 0 Å². The van der Waals surface area contributed by atoms with Crippen LogP contribution in [0.5, 0.6) is 0 Å². The Balaban J connectivity index is 1.37. The third kappa shape index (κ3) is 3.48. The highest BCUT2D eigenvalue weighted by Gasteiger charge is 2.40. The maximum absolute atomic E-state index is 12.7. The van der Waals surface area contributed by atoms with Gasteiger partial charge in [-0.05, 0) is 43.5 Å². The summed E-state index contributed by atoms with van der Waals surface area (Å²) in [4.78, 5) is 29.0. The van der Waals surface area contributed by atoms with Crippen LogP contribution in [0.3, 0.4) is 0 Å². The molecule has 1 spiro atoms. The number of ether oxygens (including phenoxy) is 2. The molecule has 0 atom stereocenters. The van der Waals surface area contributed by atoms with Crippen molar-refractivity contribution in [3.05, 3.63) is 35.4 Å². The van der Waals surface area contributed by atoms with E-state index < -0.39 is 5.79 Å². The second-order valence-corrected chi connectivity index (χ2v) is 7.33. The zero-order chi connectivity index (χ0) is 18.0. The van der Waals surface area contributed by atoms with E-state index >= 15 is 0 Å². The molecule has 140 valence electrons. The van der Waals surface area contributed by atoms with Crippen molar-refractivity contribution >= 4 is 11.8 Å². The van der Waals surface area contributed by atoms with Crippen LogP contribution in [0.4, 0.5) is 0 Å². The number of rotatable bonds is 2. The predicted molar refractivity (Wildman–Crippen MR) is 96.0 cm³/mol. The molecule has 26 heavy (non-hydrogen) atoms. The van der Waals surface area contributed by atoms with Crippen molar-refractivity contribution in [1.82, 2.24) is 9.80 Å². The van der Waals surface area contributed by atoms with Crippen LogP contribution in [-0.2, 0) is 9.47 Å². The van der Waals surface area contributed by atoms with Crippen LogP contribution in [0.25, 0.3) is 0 Å². The van der Waals surface area contributed by atoms with Crippen LogP contribution in [0.2, 0.25) is 0 Å². The van der Waals surface area contributed by atoms with Crippen LogP contribution < -0.4 is 0 Å². The van der Waals surface area contributed by atoms with Gasteiger partial charge in [0.05, 0.1) is 13.2 Å². The minimum absolute atomic E-state index is 0.00909. The summed E-state index contributed by atoms with van der Waals surface area (Å²) in [7, 11) is 0. The Morgan fingerprint density at radius 2 is 1.19 bits per heavy atom. The highest BCUT2D eigenvalue weighted by Crippen LogP contribution is 2.31.